The fourth-order valence-corrected chi connectivity index (χ4v) is 4.11. The van der Waals surface area contributed by atoms with Gasteiger partial charge in [-0.2, -0.15) is 0 Å². The molecule has 5 nitrogen and oxygen atoms in total. The van der Waals surface area contributed by atoms with Crippen molar-refractivity contribution in [2.45, 2.75) is 49.6 Å². The average Bonchev–Trinajstić information content (AvgIpc) is 3.09. The van der Waals surface area contributed by atoms with Crippen LogP contribution in [-0.2, 0) is 10.0 Å². The molecule has 0 amide bonds. The number of ether oxygens (including phenoxy) is 1. The molecule has 0 spiro atoms. The third kappa shape index (κ3) is 4.13. The van der Waals surface area contributed by atoms with Gasteiger partial charge in [-0.1, -0.05) is 6.07 Å². The highest BCUT2D eigenvalue weighted by atomic mass is 32.2. The van der Waals surface area contributed by atoms with E-state index >= 15 is 0 Å². The Labute approximate surface area is 143 Å². The highest BCUT2D eigenvalue weighted by Gasteiger charge is 2.20. The molecule has 6 heteroatoms. The Kier molecular flexibility index (Phi) is 5.16. The first kappa shape index (κ1) is 16.9. The van der Waals surface area contributed by atoms with E-state index < -0.39 is 16.1 Å². The van der Waals surface area contributed by atoms with Gasteiger partial charge in [-0.25, -0.2) is 13.1 Å². The van der Waals surface area contributed by atoms with Crippen molar-refractivity contribution in [3.05, 3.63) is 54.4 Å². The van der Waals surface area contributed by atoms with Gasteiger partial charge in [0.2, 0.25) is 10.0 Å². The normalized spacial score (nSPS) is 16.9. The van der Waals surface area contributed by atoms with Crippen molar-refractivity contribution in [1.82, 2.24) is 9.71 Å². The molecule has 1 N–H and O–H groups in total. The molecule has 3 rings (SSSR count). The molecule has 128 valence electrons. The van der Waals surface area contributed by atoms with Gasteiger partial charge in [0.15, 0.2) is 0 Å². The summed E-state index contributed by atoms with van der Waals surface area (Å²) in [5.74, 6) is 0.721. The number of pyridine rings is 1. The summed E-state index contributed by atoms with van der Waals surface area (Å²) in [7, 11) is -3.60. The SMILES string of the molecule is CC(NS(=O)(=O)c1ccc(OC2CCCC2)cc1)c1ccccn1. The van der Waals surface area contributed by atoms with E-state index in [1.165, 1.54) is 12.8 Å². The van der Waals surface area contributed by atoms with Crippen LogP contribution in [0.4, 0.5) is 0 Å². The first-order chi connectivity index (χ1) is 11.5. The Morgan fingerprint density at radius 1 is 1.12 bits per heavy atom. The summed E-state index contributed by atoms with van der Waals surface area (Å²) in [4.78, 5) is 4.41. The van der Waals surface area contributed by atoms with E-state index in [2.05, 4.69) is 9.71 Å². The number of benzene rings is 1. The number of sulfonamides is 1. The van der Waals surface area contributed by atoms with E-state index in [0.717, 1.165) is 18.6 Å². The summed E-state index contributed by atoms with van der Waals surface area (Å²) < 4.78 is 33.5. The maximum absolute atomic E-state index is 12.5. The van der Waals surface area contributed by atoms with E-state index in [1.54, 1.807) is 49.5 Å². The molecule has 24 heavy (non-hydrogen) atoms. The van der Waals surface area contributed by atoms with E-state index in [4.69, 9.17) is 4.74 Å². The van der Waals surface area contributed by atoms with E-state index in [1.807, 2.05) is 6.07 Å². The zero-order chi connectivity index (χ0) is 17.0. The standard InChI is InChI=1S/C18H22N2O3S/c1-14(18-8-4-5-13-19-18)20-24(21,22)17-11-9-16(10-12-17)23-15-6-2-3-7-15/h4-5,8-15,20H,2-3,6-7H2,1H3. The molecule has 1 aliphatic carbocycles. The van der Waals surface area contributed by atoms with Gasteiger partial charge in [-0.15, -0.1) is 0 Å². The lowest BCUT2D eigenvalue weighted by Gasteiger charge is -2.15. The molecule has 0 radical (unpaired) electrons. The van der Waals surface area contributed by atoms with Crippen LogP contribution in [0.15, 0.2) is 53.6 Å². The second-order valence-electron chi connectivity index (χ2n) is 6.09. The monoisotopic (exact) mass is 346 g/mol. The molecule has 1 fully saturated rings. The van der Waals surface area contributed by atoms with Crippen molar-refractivity contribution in [3.8, 4) is 5.75 Å². The number of hydrogen-bond donors (Lipinski definition) is 1. The minimum absolute atomic E-state index is 0.226. The van der Waals surface area contributed by atoms with Crippen molar-refractivity contribution in [2.75, 3.05) is 0 Å². The smallest absolute Gasteiger partial charge is 0.241 e. The predicted molar refractivity (Wildman–Crippen MR) is 92.3 cm³/mol. The van der Waals surface area contributed by atoms with E-state index in [9.17, 15) is 8.42 Å². The molecule has 2 aromatic rings. The summed E-state index contributed by atoms with van der Waals surface area (Å²) >= 11 is 0. The van der Waals surface area contributed by atoms with Crippen molar-refractivity contribution in [2.24, 2.45) is 0 Å². The molecule has 1 heterocycles. The summed E-state index contributed by atoms with van der Waals surface area (Å²) in [6.07, 6.45) is 6.45. The first-order valence-corrected chi connectivity index (χ1v) is 9.73. The zero-order valence-corrected chi connectivity index (χ0v) is 14.5. The zero-order valence-electron chi connectivity index (χ0n) is 13.7. The highest BCUT2D eigenvalue weighted by Crippen LogP contribution is 2.25. The van der Waals surface area contributed by atoms with Crippen LogP contribution in [0.3, 0.4) is 0 Å². The average molecular weight is 346 g/mol. The third-order valence-corrected chi connectivity index (χ3v) is 5.76. The molecule has 1 aliphatic rings. The van der Waals surface area contributed by atoms with Crippen LogP contribution < -0.4 is 9.46 Å². The molecule has 0 bridgehead atoms. The third-order valence-electron chi connectivity index (χ3n) is 4.20. The van der Waals surface area contributed by atoms with Crippen LogP contribution in [0.2, 0.25) is 0 Å². The second kappa shape index (κ2) is 7.32. The van der Waals surface area contributed by atoms with Crippen LogP contribution in [0.5, 0.6) is 5.75 Å². The lowest BCUT2D eigenvalue weighted by atomic mass is 10.2. The van der Waals surface area contributed by atoms with Crippen LogP contribution >= 0.6 is 0 Å². The van der Waals surface area contributed by atoms with Gasteiger partial charge in [-0.05, 0) is 69.0 Å². The molecular formula is C18H22N2O3S. The quantitative estimate of drug-likeness (QED) is 0.870. The van der Waals surface area contributed by atoms with Gasteiger partial charge in [-0.3, -0.25) is 4.98 Å². The Balaban J connectivity index is 1.67. The molecule has 0 saturated heterocycles. The molecule has 1 saturated carbocycles. The first-order valence-electron chi connectivity index (χ1n) is 8.24. The Bertz CT molecular complexity index is 755. The molecule has 1 aromatic carbocycles. The topological polar surface area (TPSA) is 68.3 Å². The maximum atomic E-state index is 12.5. The Hall–Kier alpha value is -1.92. The number of aromatic nitrogens is 1. The number of nitrogens with one attached hydrogen (secondary N) is 1. The van der Waals surface area contributed by atoms with Crippen molar-refractivity contribution in [1.29, 1.82) is 0 Å². The lowest BCUT2D eigenvalue weighted by molar-refractivity contribution is 0.210. The fourth-order valence-electron chi connectivity index (χ4n) is 2.89. The molecule has 0 aliphatic heterocycles. The molecule has 1 unspecified atom stereocenters. The lowest BCUT2D eigenvalue weighted by Crippen LogP contribution is -2.27. The highest BCUT2D eigenvalue weighted by molar-refractivity contribution is 7.89. The van der Waals surface area contributed by atoms with Gasteiger partial charge >= 0.3 is 0 Å². The van der Waals surface area contributed by atoms with Crippen LogP contribution in [-0.4, -0.2) is 19.5 Å². The Morgan fingerprint density at radius 3 is 2.46 bits per heavy atom. The fraction of sp³-hybridized carbons (Fsp3) is 0.389. The van der Waals surface area contributed by atoms with Gasteiger partial charge in [0.25, 0.3) is 0 Å². The molecule has 1 atom stereocenters. The molecular weight excluding hydrogens is 324 g/mol. The van der Waals surface area contributed by atoms with E-state index in [0.29, 0.717) is 5.69 Å². The van der Waals surface area contributed by atoms with Gasteiger partial charge in [0.05, 0.1) is 22.7 Å². The number of nitrogens with zero attached hydrogens (tertiary/aromatic N) is 1. The van der Waals surface area contributed by atoms with E-state index in [-0.39, 0.29) is 11.0 Å². The maximum Gasteiger partial charge on any atom is 0.241 e. The largest absolute Gasteiger partial charge is 0.490 e. The van der Waals surface area contributed by atoms with Gasteiger partial charge in [0.1, 0.15) is 5.75 Å². The van der Waals surface area contributed by atoms with Crippen molar-refractivity contribution in [3.63, 3.8) is 0 Å². The van der Waals surface area contributed by atoms with Gasteiger partial charge < -0.3 is 4.74 Å². The summed E-state index contributed by atoms with van der Waals surface area (Å²) in [6.45, 7) is 1.78. The van der Waals surface area contributed by atoms with Crippen molar-refractivity contribution >= 4 is 10.0 Å². The summed E-state index contributed by atoms with van der Waals surface area (Å²) in [6, 6.07) is 11.6. The second-order valence-corrected chi connectivity index (χ2v) is 7.81. The molecule has 1 aromatic heterocycles. The van der Waals surface area contributed by atoms with Crippen LogP contribution in [0.1, 0.15) is 44.3 Å². The predicted octanol–water partition coefficient (Wildman–Crippen LogP) is 3.44. The minimum atomic E-state index is -3.60. The number of rotatable bonds is 6. The van der Waals surface area contributed by atoms with Crippen LogP contribution in [0.25, 0.3) is 0 Å². The number of hydrogen-bond acceptors (Lipinski definition) is 4. The summed E-state index contributed by atoms with van der Waals surface area (Å²) in [5, 5.41) is 0. The van der Waals surface area contributed by atoms with Crippen molar-refractivity contribution < 1.29 is 13.2 Å². The Morgan fingerprint density at radius 2 is 1.83 bits per heavy atom. The minimum Gasteiger partial charge on any atom is -0.490 e. The van der Waals surface area contributed by atoms with Gasteiger partial charge in [0, 0.05) is 6.20 Å². The van der Waals surface area contributed by atoms with Crippen LogP contribution in [0, 0.1) is 0 Å². The summed E-state index contributed by atoms with van der Waals surface area (Å²) in [5.41, 5.74) is 0.683.